The number of rotatable bonds is 7. The summed E-state index contributed by atoms with van der Waals surface area (Å²) in [5, 5.41) is 6.89. The van der Waals surface area contributed by atoms with Gasteiger partial charge in [0, 0.05) is 18.6 Å². The zero-order valence-corrected chi connectivity index (χ0v) is 15.5. The molecule has 0 heterocycles. The largest absolute Gasteiger partial charge is 0.444 e. The van der Waals surface area contributed by atoms with Crippen LogP contribution in [0.25, 0.3) is 0 Å². The van der Waals surface area contributed by atoms with Crippen LogP contribution in [0.15, 0.2) is 0 Å². The van der Waals surface area contributed by atoms with Gasteiger partial charge < -0.3 is 15.4 Å². The maximum atomic E-state index is 12.0. The van der Waals surface area contributed by atoms with E-state index in [0.717, 1.165) is 5.92 Å². The third-order valence-corrected chi connectivity index (χ3v) is 5.14. The summed E-state index contributed by atoms with van der Waals surface area (Å²) in [6.07, 6.45) is 10.2. The highest BCUT2D eigenvalue weighted by molar-refractivity contribution is 5.67. The molecule has 0 aliphatic heterocycles. The van der Waals surface area contributed by atoms with Crippen LogP contribution in [0.5, 0.6) is 0 Å². The molecule has 2 atom stereocenters. The van der Waals surface area contributed by atoms with Gasteiger partial charge in [-0.05, 0) is 64.7 Å². The van der Waals surface area contributed by atoms with Crippen molar-refractivity contribution in [3.8, 4) is 0 Å². The molecule has 134 valence electrons. The molecule has 4 nitrogen and oxygen atoms in total. The molecule has 0 aromatic rings. The predicted molar refractivity (Wildman–Crippen MR) is 94.5 cm³/mol. The van der Waals surface area contributed by atoms with Gasteiger partial charge >= 0.3 is 6.09 Å². The lowest BCUT2D eigenvalue weighted by atomic mass is 9.83. The maximum Gasteiger partial charge on any atom is 0.407 e. The molecule has 2 rings (SSSR count). The lowest BCUT2D eigenvalue weighted by Crippen LogP contribution is -2.51. The van der Waals surface area contributed by atoms with Gasteiger partial charge in [-0.1, -0.05) is 26.2 Å². The van der Waals surface area contributed by atoms with Gasteiger partial charge in [0.25, 0.3) is 0 Å². The van der Waals surface area contributed by atoms with Crippen LogP contribution in [-0.2, 0) is 4.74 Å². The van der Waals surface area contributed by atoms with Crippen LogP contribution in [0.3, 0.4) is 0 Å². The van der Waals surface area contributed by atoms with Gasteiger partial charge in [0.2, 0.25) is 0 Å². The average Bonchev–Trinajstić information content (AvgIpc) is 3.31. The predicted octanol–water partition coefficient (Wildman–Crippen LogP) is 4.24. The van der Waals surface area contributed by atoms with Crippen LogP contribution in [0.1, 0.15) is 79.1 Å². The smallest absolute Gasteiger partial charge is 0.407 e. The molecule has 0 radical (unpaired) electrons. The summed E-state index contributed by atoms with van der Waals surface area (Å²) in [5.41, 5.74) is -0.433. The van der Waals surface area contributed by atoms with E-state index in [-0.39, 0.29) is 6.09 Å². The Morgan fingerprint density at radius 3 is 2.17 bits per heavy atom. The number of amides is 1. The highest BCUT2D eigenvalue weighted by atomic mass is 16.6. The van der Waals surface area contributed by atoms with Gasteiger partial charge in [0.15, 0.2) is 0 Å². The van der Waals surface area contributed by atoms with Crippen LogP contribution >= 0.6 is 0 Å². The summed E-state index contributed by atoms with van der Waals surface area (Å²) in [6.45, 7) is 8.68. The molecule has 23 heavy (non-hydrogen) atoms. The maximum absolute atomic E-state index is 12.0. The molecule has 2 fully saturated rings. The van der Waals surface area contributed by atoms with Crippen molar-refractivity contribution in [2.24, 2.45) is 11.8 Å². The van der Waals surface area contributed by atoms with Gasteiger partial charge in [-0.3, -0.25) is 0 Å². The normalized spacial score (nSPS) is 22.4. The lowest BCUT2D eigenvalue weighted by molar-refractivity contribution is 0.0514. The quantitative estimate of drug-likeness (QED) is 0.736. The van der Waals surface area contributed by atoms with E-state index in [1.54, 1.807) is 0 Å². The van der Waals surface area contributed by atoms with E-state index in [0.29, 0.717) is 24.5 Å². The monoisotopic (exact) mass is 324 g/mol. The van der Waals surface area contributed by atoms with Crippen LogP contribution in [0.2, 0.25) is 0 Å². The Labute approximate surface area is 142 Å². The first kappa shape index (κ1) is 18.6. The Kier molecular flexibility index (Phi) is 6.75. The first-order valence-electron chi connectivity index (χ1n) is 9.62. The van der Waals surface area contributed by atoms with Gasteiger partial charge in [0.05, 0.1) is 0 Å². The second kappa shape index (κ2) is 8.36. The Balaban J connectivity index is 1.88. The summed E-state index contributed by atoms with van der Waals surface area (Å²) in [5.74, 6) is 1.54. The van der Waals surface area contributed by atoms with Crippen molar-refractivity contribution in [2.75, 3.05) is 6.54 Å². The lowest BCUT2D eigenvalue weighted by Gasteiger charge is -2.34. The fraction of sp³-hybridized carbons (Fsp3) is 0.947. The molecule has 2 aliphatic carbocycles. The second-order valence-electron chi connectivity index (χ2n) is 8.41. The molecule has 2 unspecified atom stereocenters. The molecule has 1 amide bonds. The average molecular weight is 325 g/mol. The van der Waals surface area contributed by atoms with Crippen LogP contribution in [0.4, 0.5) is 4.79 Å². The summed E-state index contributed by atoms with van der Waals surface area (Å²) < 4.78 is 5.39. The molecule has 0 saturated heterocycles. The Bertz CT molecular complexity index is 368. The topological polar surface area (TPSA) is 50.4 Å². The Morgan fingerprint density at radius 2 is 1.65 bits per heavy atom. The Hall–Kier alpha value is -0.770. The summed E-state index contributed by atoms with van der Waals surface area (Å²) in [7, 11) is 0. The fourth-order valence-electron chi connectivity index (χ4n) is 3.77. The summed E-state index contributed by atoms with van der Waals surface area (Å²) >= 11 is 0. The van der Waals surface area contributed by atoms with E-state index in [2.05, 4.69) is 17.6 Å². The highest BCUT2D eigenvalue weighted by Crippen LogP contribution is 2.35. The molecule has 2 saturated carbocycles. The molecule has 0 aromatic heterocycles. The van der Waals surface area contributed by atoms with Crippen molar-refractivity contribution in [2.45, 2.75) is 96.7 Å². The number of hydrogen-bond donors (Lipinski definition) is 2. The number of carbonyl (C=O) groups excluding carboxylic acids is 1. The van der Waals surface area contributed by atoms with Gasteiger partial charge in [-0.2, -0.15) is 0 Å². The van der Waals surface area contributed by atoms with Crippen molar-refractivity contribution >= 4 is 6.09 Å². The SMILES string of the molecule is CCC(NC(CNC(=O)OC(C)(C)C)C1CCCCC1)C1CC1. The fourth-order valence-corrected chi connectivity index (χ4v) is 3.77. The molecule has 4 heteroatoms. The third-order valence-electron chi connectivity index (χ3n) is 5.14. The van der Waals surface area contributed by atoms with Crippen LogP contribution in [-0.4, -0.2) is 30.3 Å². The summed E-state index contributed by atoms with van der Waals surface area (Å²) in [6, 6.07) is 0.996. The molecule has 0 bridgehead atoms. The first-order valence-corrected chi connectivity index (χ1v) is 9.62. The van der Waals surface area contributed by atoms with Crippen LogP contribution < -0.4 is 10.6 Å². The van der Waals surface area contributed by atoms with Gasteiger partial charge in [-0.25, -0.2) is 4.79 Å². The Morgan fingerprint density at radius 1 is 1.04 bits per heavy atom. The number of carbonyl (C=O) groups is 1. The van der Waals surface area contributed by atoms with Gasteiger partial charge in [0.1, 0.15) is 5.60 Å². The first-order chi connectivity index (χ1) is 10.9. The van der Waals surface area contributed by atoms with Crippen molar-refractivity contribution < 1.29 is 9.53 Å². The van der Waals surface area contributed by atoms with E-state index in [1.807, 2.05) is 20.8 Å². The van der Waals surface area contributed by atoms with Crippen molar-refractivity contribution in [1.29, 1.82) is 0 Å². The highest BCUT2D eigenvalue weighted by Gasteiger charge is 2.33. The molecular weight excluding hydrogens is 288 g/mol. The van der Waals surface area contributed by atoms with E-state index in [9.17, 15) is 4.79 Å². The number of alkyl carbamates (subject to hydrolysis) is 1. The van der Waals surface area contributed by atoms with E-state index in [4.69, 9.17) is 4.74 Å². The van der Waals surface area contributed by atoms with E-state index >= 15 is 0 Å². The number of ether oxygens (including phenoxy) is 1. The molecule has 0 aromatic carbocycles. The number of nitrogens with one attached hydrogen (secondary N) is 2. The zero-order valence-electron chi connectivity index (χ0n) is 15.5. The standard InChI is InChI=1S/C19H36N2O2/c1-5-16(15-11-12-15)21-17(14-9-7-6-8-10-14)13-20-18(22)23-19(2,3)4/h14-17,21H,5-13H2,1-4H3,(H,20,22). The number of hydrogen-bond acceptors (Lipinski definition) is 3. The van der Waals surface area contributed by atoms with Crippen LogP contribution in [0, 0.1) is 11.8 Å². The van der Waals surface area contributed by atoms with Gasteiger partial charge in [-0.15, -0.1) is 0 Å². The minimum absolute atomic E-state index is 0.292. The van der Waals surface area contributed by atoms with E-state index < -0.39 is 5.60 Å². The minimum Gasteiger partial charge on any atom is -0.444 e. The van der Waals surface area contributed by atoms with Crippen molar-refractivity contribution in [1.82, 2.24) is 10.6 Å². The molecule has 2 N–H and O–H groups in total. The van der Waals surface area contributed by atoms with E-state index in [1.165, 1.54) is 51.4 Å². The summed E-state index contributed by atoms with van der Waals surface area (Å²) in [4.78, 5) is 12.0. The van der Waals surface area contributed by atoms with Crippen molar-refractivity contribution in [3.63, 3.8) is 0 Å². The third kappa shape index (κ3) is 6.70. The minimum atomic E-state index is -0.433. The zero-order chi connectivity index (χ0) is 16.9. The second-order valence-corrected chi connectivity index (χ2v) is 8.41. The van der Waals surface area contributed by atoms with Crippen molar-refractivity contribution in [3.05, 3.63) is 0 Å². The molecule has 0 spiro atoms. The molecular formula is C19H36N2O2. The molecule has 2 aliphatic rings.